The van der Waals surface area contributed by atoms with Crippen LogP contribution in [0.1, 0.15) is 17.8 Å². The van der Waals surface area contributed by atoms with Gasteiger partial charge in [0, 0.05) is 13.1 Å². The number of aliphatic carboxylic acids is 1. The molecule has 0 bridgehead atoms. The Bertz CT molecular complexity index is 725. The number of nitrogens with one attached hydrogen (secondary N) is 2. The molecule has 1 aliphatic rings. The van der Waals surface area contributed by atoms with Gasteiger partial charge >= 0.3 is 12.0 Å². The molecule has 1 aliphatic heterocycles. The van der Waals surface area contributed by atoms with E-state index in [1.165, 1.54) is 4.90 Å². The van der Waals surface area contributed by atoms with Gasteiger partial charge in [-0.2, -0.15) is 0 Å². The fourth-order valence-corrected chi connectivity index (χ4v) is 2.68. The topological polar surface area (TPSA) is 98.3 Å². The van der Waals surface area contributed by atoms with Crippen molar-refractivity contribution < 1.29 is 14.7 Å². The average Bonchev–Trinajstić information content (AvgIpc) is 3.10. The first-order valence-corrected chi connectivity index (χ1v) is 7.24. The average molecular weight is 302 g/mol. The second kappa shape index (κ2) is 5.67. The lowest BCUT2D eigenvalue weighted by molar-refractivity contribution is -0.141. The van der Waals surface area contributed by atoms with Crippen molar-refractivity contribution in [2.75, 3.05) is 13.1 Å². The molecule has 2 aromatic rings. The number of urea groups is 1. The number of H-pyrrole nitrogens is 1. The Kier molecular flexibility index (Phi) is 3.70. The van der Waals surface area contributed by atoms with Crippen LogP contribution in [0.15, 0.2) is 18.2 Å². The van der Waals surface area contributed by atoms with Crippen LogP contribution >= 0.6 is 0 Å². The van der Waals surface area contributed by atoms with E-state index in [0.29, 0.717) is 25.3 Å². The van der Waals surface area contributed by atoms with Gasteiger partial charge < -0.3 is 20.3 Å². The molecule has 0 spiro atoms. The number of amides is 2. The summed E-state index contributed by atoms with van der Waals surface area (Å²) < 4.78 is 0. The number of imidazole rings is 1. The van der Waals surface area contributed by atoms with Crippen LogP contribution < -0.4 is 5.32 Å². The second-order valence-corrected chi connectivity index (χ2v) is 5.63. The maximum atomic E-state index is 12.0. The molecule has 2 heterocycles. The number of carbonyl (C=O) groups is 2. The molecule has 3 N–H and O–H groups in total. The zero-order chi connectivity index (χ0) is 15.7. The number of aromatic nitrogens is 2. The summed E-state index contributed by atoms with van der Waals surface area (Å²) in [5.74, 6) is -0.620. The van der Waals surface area contributed by atoms with Crippen molar-refractivity contribution in [3.8, 4) is 0 Å². The zero-order valence-electron chi connectivity index (χ0n) is 12.3. The van der Waals surface area contributed by atoms with E-state index < -0.39 is 11.9 Å². The standard InChI is InChI=1S/C15H18N4O3/c1-9-2-3-11-12(6-9)18-13(17-11)7-16-15(22)19-5-4-10(8-19)14(20)21/h2-3,6,10H,4-5,7-8H2,1H3,(H,16,22)(H,17,18)(H,20,21). The van der Waals surface area contributed by atoms with E-state index in [1.54, 1.807) is 0 Å². The molecule has 22 heavy (non-hydrogen) atoms. The number of carboxylic acids is 1. The van der Waals surface area contributed by atoms with E-state index in [-0.39, 0.29) is 12.6 Å². The monoisotopic (exact) mass is 302 g/mol. The molecule has 0 aliphatic carbocycles. The molecule has 116 valence electrons. The number of likely N-dealkylation sites (tertiary alicyclic amines) is 1. The van der Waals surface area contributed by atoms with Crippen molar-refractivity contribution in [1.82, 2.24) is 20.2 Å². The fourth-order valence-electron chi connectivity index (χ4n) is 2.68. The lowest BCUT2D eigenvalue weighted by atomic mass is 10.1. The minimum Gasteiger partial charge on any atom is -0.481 e. The summed E-state index contributed by atoms with van der Waals surface area (Å²) in [4.78, 5) is 32.1. The van der Waals surface area contributed by atoms with Crippen LogP contribution in [0, 0.1) is 12.8 Å². The number of aromatic amines is 1. The van der Waals surface area contributed by atoms with Gasteiger partial charge in [-0.05, 0) is 31.0 Å². The van der Waals surface area contributed by atoms with Gasteiger partial charge in [0.2, 0.25) is 0 Å². The van der Waals surface area contributed by atoms with Crippen molar-refractivity contribution in [3.63, 3.8) is 0 Å². The van der Waals surface area contributed by atoms with Crippen molar-refractivity contribution in [3.05, 3.63) is 29.6 Å². The van der Waals surface area contributed by atoms with Crippen molar-refractivity contribution >= 4 is 23.0 Å². The minimum atomic E-state index is -0.844. The Morgan fingerprint density at radius 3 is 3.05 bits per heavy atom. The number of aryl methyl sites for hydroxylation is 1. The lowest BCUT2D eigenvalue weighted by Crippen LogP contribution is -2.38. The number of fused-ring (bicyclic) bond motifs is 1. The highest BCUT2D eigenvalue weighted by molar-refractivity contribution is 5.78. The molecule has 1 unspecified atom stereocenters. The van der Waals surface area contributed by atoms with Gasteiger partial charge in [0.1, 0.15) is 5.82 Å². The largest absolute Gasteiger partial charge is 0.481 e. The minimum absolute atomic E-state index is 0.250. The Balaban J connectivity index is 1.59. The zero-order valence-corrected chi connectivity index (χ0v) is 12.3. The molecule has 0 saturated carbocycles. The first-order valence-electron chi connectivity index (χ1n) is 7.24. The van der Waals surface area contributed by atoms with Crippen LogP contribution in [0.4, 0.5) is 4.79 Å². The summed E-state index contributed by atoms with van der Waals surface area (Å²) in [7, 11) is 0. The number of nitrogens with zero attached hydrogens (tertiary/aromatic N) is 2. The molecule has 0 radical (unpaired) electrons. The Labute approximate surface area is 127 Å². The van der Waals surface area contributed by atoms with E-state index in [2.05, 4.69) is 15.3 Å². The molecular weight excluding hydrogens is 284 g/mol. The van der Waals surface area contributed by atoms with Crippen LogP contribution in [0.5, 0.6) is 0 Å². The molecule has 1 aromatic heterocycles. The van der Waals surface area contributed by atoms with Crippen molar-refractivity contribution in [2.45, 2.75) is 19.9 Å². The first-order chi connectivity index (χ1) is 10.5. The predicted octanol–water partition coefficient (Wildman–Crippen LogP) is 1.49. The van der Waals surface area contributed by atoms with Crippen LogP contribution in [-0.2, 0) is 11.3 Å². The number of hydrogen-bond acceptors (Lipinski definition) is 3. The molecule has 1 fully saturated rings. The number of benzene rings is 1. The lowest BCUT2D eigenvalue weighted by Gasteiger charge is -2.16. The molecule has 2 amide bonds. The Morgan fingerprint density at radius 2 is 2.32 bits per heavy atom. The molecule has 7 nitrogen and oxygen atoms in total. The highest BCUT2D eigenvalue weighted by Crippen LogP contribution is 2.16. The van der Waals surface area contributed by atoms with Gasteiger partial charge in [0.15, 0.2) is 0 Å². The highest BCUT2D eigenvalue weighted by Gasteiger charge is 2.30. The Morgan fingerprint density at radius 1 is 1.50 bits per heavy atom. The van der Waals surface area contributed by atoms with Gasteiger partial charge in [-0.25, -0.2) is 9.78 Å². The fraction of sp³-hybridized carbons (Fsp3) is 0.400. The molecule has 3 rings (SSSR count). The summed E-state index contributed by atoms with van der Waals surface area (Å²) in [6, 6.07) is 5.68. The predicted molar refractivity (Wildman–Crippen MR) is 80.4 cm³/mol. The van der Waals surface area contributed by atoms with Gasteiger partial charge in [0.05, 0.1) is 23.5 Å². The second-order valence-electron chi connectivity index (χ2n) is 5.63. The normalized spacial score (nSPS) is 17.9. The van der Waals surface area contributed by atoms with Gasteiger partial charge in [0.25, 0.3) is 0 Å². The van der Waals surface area contributed by atoms with Crippen LogP contribution in [-0.4, -0.2) is 45.1 Å². The van der Waals surface area contributed by atoms with Crippen molar-refractivity contribution in [2.24, 2.45) is 5.92 Å². The van der Waals surface area contributed by atoms with Crippen LogP contribution in [0.3, 0.4) is 0 Å². The van der Waals surface area contributed by atoms with Gasteiger partial charge in [-0.1, -0.05) is 6.07 Å². The third kappa shape index (κ3) is 2.88. The van der Waals surface area contributed by atoms with Crippen molar-refractivity contribution in [1.29, 1.82) is 0 Å². The summed E-state index contributed by atoms with van der Waals surface area (Å²) in [5.41, 5.74) is 2.95. The maximum absolute atomic E-state index is 12.0. The number of hydrogen-bond donors (Lipinski definition) is 3. The summed E-state index contributed by atoms with van der Waals surface area (Å²) >= 11 is 0. The van der Waals surface area contributed by atoms with E-state index in [0.717, 1.165) is 16.6 Å². The Hall–Kier alpha value is -2.57. The third-order valence-electron chi connectivity index (χ3n) is 3.92. The molecule has 7 heteroatoms. The van der Waals surface area contributed by atoms with Gasteiger partial charge in [-0.15, -0.1) is 0 Å². The van der Waals surface area contributed by atoms with Gasteiger partial charge in [-0.3, -0.25) is 4.79 Å². The SMILES string of the molecule is Cc1ccc2nc(CNC(=O)N3CCC(C(=O)O)C3)[nH]c2c1. The number of carbonyl (C=O) groups excluding carboxylic acids is 1. The highest BCUT2D eigenvalue weighted by atomic mass is 16.4. The van der Waals surface area contributed by atoms with E-state index >= 15 is 0 Å². The van der Waals surface area contributed by atoms with E-state index in [1.807, 2.05) is 25.1 Å². The number of carboxylic acid groups (broad SMARTS) is 1. The smallest absolute Gasteiger partial charge is 0.317 e. The molecule has 1 atom stereocenters. The quantitative estimate of drug-likeness (QED) is 0.800. The van der Waals surface area contributed by atoms with E-state index in [4.69, 9.17) is 5.11 Å². The molecule has 1 aromatic carbocycles. The molecular formula is C15H18N4O3. The summed E-state index contributed by atoms with van der Waals surface area (Å²) in [5, 5.41) is 11.7. The molecule has 1 saturated heterocycles. The summed E-state index contributed by atoms with van der Waals surface area (Å²) in [6.07, 6.45) is 0.507. The maximum Gasteiger partial charge on any atom is 0.317 e. The first kappa shape index (κ1) is 14.4. The third-order valence-corrected chi connectivity index (χ3v) is 3.92. The van der Waals surface area contributed by atoms with Crippen LogP contribution in [0.2, 0.25) is 0 Å². The van der Waals surface area contributed by atoms with E-state index in [9.17, 15) is 9.59 Å². The summed E-state index contributed by atoms with van der Waals surface area (Å²) in [6.45, 7) is 3.04. The van der Waals surface area contributed by atoms with Crippen LogP contribution in [0.25, 0.3) is 11.0 Å². The number of rotatable bonds is 3.